The van der Waals surface area contributed by atoms with Crippen molar-refractivity contribution in [3.63, 3.8) is 0 Å². The molecule has 0 aromatic heterocycles. The molecule has 0 bridgehead atoms. The van der Waals surface area contributed by atoms with Gasteiger partial charge in [-0.15, -0.1) is 0 Å². The highest BCUT2D eigenvalue weighted by molar-refractivity contribution is 7.92. The molecule has 0 heterocycles. The summed E-state index contributed by atoms with van der Waals surface area (Å²) in [5.74, 6) is -1.36. The lowest BCUT2D eigenvalue weighted by molar-refractivity contribution is 0.569. The van der Waals surface area contributed by atoms with E-state index in [1.807, 2.05) is 0 Å². The van der Waals surface area contributed by atoms with E-state index in [1.54, 1.807) is 6.92 Å². The lowest BCUT2D eigenvalue weighted by Crippen LogP contribution is -2.15. The third-order valence-electron chi connectivity index (χ3n) is 2.95. The molecule has 0 unspecified atom stereocenters. The molecule has 112 valence electrons. The molecular weight excluding hydrogens is 298 g/mol. The van der Waals surface area contributed by atoms with Gasteiger partial charge < -0.3 is 5.73 Å². The minimum Gasteiger partial charge on any atom is -0.326 e. The normalized spacial score (nSPS) is 11.4. The maximum atomic E-state index is 13.9. The standard InChI is InChI=1S/C14H14F2N2O2S/c1-9-6-11(15)3-4-13(9)18-21(19,20)14-5-2-10(8-17)7-12(14)16/h2-7,18H,8,17H2,1H3. The zero-order valence-electron chi connectivity index (χ0n) is 11.2. The second kappa shape index (κ2) is 5.79. The highest BCUT2D eigenvalue weighted by atomic mass is 32.2. The van der Waals surface area contributed by atoms with Crippen LogP contribution in [0.1, 0.15) is 11.1 Å². The van der Waals surface area contributed by atoms with Crippen molar-refractivity contribution in [1.29, 1.82) is 0 Å². The van der Waals surface area contributed by atoms with E-state index < -0.39 is 26.6 Å². The summed E-state index contributed by atoms with van der Waals surface area (Å²) in [6, 6.07) is 7.26. The predicted molar refractivity (Wildman–Crippen MR) is 76.2 cm³/mol. The Hall–Kier alpha value is -1.99. The molecule has 21 heavy (non-hydrogen) atoms. The van der Waals surface area contributed by atoms with Gasteiger partial charge in [0.1, 0.15) is 16.5 Å². The molecule has 0 saturated carbocycles. The van der Waals surface area contributed by atoms with E-state index in [9.17, 15) is 17.2 Å². The molecule has 2 rings (SSSR count). The number of nitrogens with one attached hydrogen (secondary N) is 1. The van der Waals surface area contributed by atoms with Crippen LogP contribution in [0.2, 0.25) is 0 Å². The summed E-state index contributed by atoms with van der Waals surface area (Å²) in [5, 5.41) is 0. The predicted octanol–water partition coefficient (Wildman–Crippen LogP) is 2.53. The number of rotatable bonds is 4. The van der Waals surface area contributed by atoms with E-state index in [1.165, 1.54) is 18.2 Å². The molecule has 0 radical (unpaired) electrons. The van der Waals surface area contributed by atoms with Gasteiger partial charge in [0, 0.05) is 6.54 Å². The van der Waals surface area contributed by atoms with Crippen molar-refractivity contribution in [2.24, 2.45) is 5.73 Å². The van der Waals surface area contributed by atoms with Crippen LogP contribution in [0.15, 0.2) is 41.3 Å². The van der Waals surface area contributed by atoms with Crippen molar-refractivity contribution >= 4 is 15.7 Å². The van der Waals surface area contributed by atoms with Gasteiger partial charge in [0.25, 0.3) is 10.0 Å². The number of benzene rings is 2. The minimum atomic E-state index is -4.09. The van der Waals surface area contributed by atoms with Crippen molar-refractivity contribution in [2.75, 3.05) is 4.72 Å². The van der Waals surface area contributed by atoms with Crippen LogP contribution in [-0.2, 0) is 16.6 Å². The van der Waals surface area contributed by atoms with Crippen LogP contribution >= 0.6 is 0 Å². The first-order valence-corrected chi connectivity index (χ1v) is 7.59. The van der Waals surface area contributed by atoms with Gasteiger partial charge in [0.05, 0.1) is 5.69 Å². The number of hydrogen-bond donors (Lipinski definition) is 2. The third-order valence-corrected chi connectivity index (χ3v) is 4.35. The number of sulfonamides is 1. The van der Waals surface area contributed by atoms with E-state index in [0.717, 1.165) is 18.2 Å². The van der Waals surface area contributed by atoms with Crippen LogP contribution in [0.25, 0.3) is 0 Å². The van der Waals surface area contributed by atoms with Crippen molar-refractivity contribution in [2.45, 2.75) is 18.4 Å². The lowest BCUT2D eigenvalue weighted by atomic mass is 10.2. The molecule has 2 aromatic rings. The Bertz CT molecular complexity index is 777. The molecule has 0 aliphatic rings. The summed E-state index contributed by atoms with van der Waals surface area (Å²) in [6.45, 7) is 1.66. The molecule has 0 fully saturated rings. The van der Waals surface area contributed by atoms with Crippen LogP contribution in [0.5, 0.6) is 0 Å². The Morgan fingerprint density at radius 3 is 2.43 bits per heavy atom. The Labute approximate surface area is 121 Å². The van der Waals surface area contributed by atoms with E-state index >= 15 is 0 Å². The highest BCUT2D eigenvalue weighted by Crippen LogP contribution is 2.22. The Morgan fingerprint density at radius 2 is 1.86 bits per heavy atom. The molecule has 2 aromatic carbocycles. The molecule has 0 saturated heterocycles. The second-order valence-electron chi connectivity index (χ2n) is 4.53. The monoisotopic (exact) mass is 312 g/mol. The first kappa shape index (κ1) is 15.4. The van der Waals surface area contributed by atoms with Crippen molar-refractivity contribution in [3.8, 4) is 0 Å². The Balaban J connectivity index is 2.38. The van der Waals surface area contributed by atoms with Crippen LogP contribution in [-0.4, -0.2) is 8.42 Å². The first-order chi connectivity index (χ1) is 9.83. The van der Waals surface area contributed by atoms with Gasteiger partial charge >= 0.3 is 0 Å². The number of aryl methyl sites for hydroxylation is 1. The first-order valence-electron chi connectivity index (χ1n) is 6.11. The number of halogens is 2. The molecule has 7 heteroatoms. The van der Waals surface area contributed by atoms with Gasteiger partial charge in [0.2, 0.25) is 0 Å². The van der Waals surface area contributed by atoms with E-state index in [0.29, 0.717) is 11.1 Å². The summed E-state index contributed by atoms with van der Waals surface area (Å²) in [6.07, 6.45) is 0. The van der Waals surface area contributed by atoms with E-state index in [-0.39, 0.29) is 12.2 Å². The average Bonchev–Trinajstić information content (AvgIpc) is 2.41. The number of anilines is 1. The van der Waals surface area contributed by atoms with Crippen LogP contribution in [0.4, 0.5) is 14.5 Å². The van der Waals surface area contributed by atoms with Crippen LogP contribution in [0.3, 0.4) is 0 Å². The van der Waals surface area contributed by atoms with Gasteiger partial charge in [0.15, 0.2) is 0 Å². The SMILES string of the molecule is Cc1cc(F)ccc1NS(=O)(=O)c1ccc(CN)cc1F. The molecule has 0 spiro atoms. The van der Waals surface area contributed by atoms with Gasteiger partial charge in [-0.1, -0.05) is 6.07 Å². The lowest BCUT2D eigenvalue weighted by Gasteiger charge is -2.11. The summed E-state index contributed by atoms with van der Waals surface area (Å²) in [7, 11) is -4.09. The molecular formula is C14H14F2N2O2S. The highest BCUT2D eigenvalue weighted by Gasteiger charge is 2.20. The van der Waals surface area contributed by atoms with E-state index in [2.05, 4.69) is 4.72 Å². The molecule has 0 aliphatic carbocycles. The zero-order chi connectivity index (χ0) is 15.6. The largest absolute Gasteiger partial charge is 0.326 e. The summed E-state index contributed by atoms with van der Waals surface area (Å²) in [4.78, 5) is -0.483. The number of hydrogen-bond acceptors (Lipinski definition) is 3. The third kappa shape index (κ3) is 3.37. The maximum absolute atomic E-state index is 13.9. The Morgan fingerprint density at radius 1 is 1.14 bits per heavy atom. The smallest absolute Gasteiger partial charge is 0.264 e. The van der Waals surface area contributed by atoms with Crippen molar-refractivity contribution in [1.82, 2.24) is 0 Å². The summed E-state index contributed by atoms with van der Waals surface area (Å²) >= 11 is 0. The van der Waals surface area contributed by atoms with Crippen LogP contribution in [0, 0.1) is 18.6 Å². The maximum Gasteiger partial charge on any atom is 0.264 e. The van der Waals surface area contributed by atoms with Crippen molar-refractivity contribution in [3.05, 3.63) is 59.2 Å². The summed E-state index contributed by atoms with van der Waals surface area (Å²) in [5.41, 5.74) is 6.45. The second-order valence-corrected chi connectivity index (χ2v) is 6.18. The molecule has 0 atom stereocenters. The van der Waals surface area contributed by atoms with Crippen LogP contribution < -0.4 is 10.5 Å². The fourth-order valence-corrected chi connectivity index (χ4v) is 3.02. The van der Waals surface area contributed by atoms with Gasteiger partial charge in [-0.05, 0) is 48.4 Å². The molecule has 4 nitrogen and oxygen atoms in total. The quantitative estimate of drug-likeness (QED) is 0.911. The van der Waals surface area contributed by atoms with Crippen molar-refractivity contribution < 1.29 is 17.2 Å². The summed E-state index contributed by atoms with van der Waals surface area (Å²) < 4.78 is 53.5. The molecule has 3 N–H and O–H groups in total. The fourth-order valence-electron chi connectivity index (χ4n) is 1.83. The molecule has 0 aliphatic heterocycles. The van der Waals surface area contributed by atoms with Gasteiger partial charge in [-0.3, -0.25) is 4.72 Å². The zero-order valence-corrected chi connectivity index (χ0v) is 12.0. The van der Waals surface area contributed by atoms with Gasteiger partial charge in [-0.25, -0.2) is 17.2 Å². The molecule has 0 amide bonds. The minimum absolute atomic E-state index is 0.113. The number of nitrogens with two attached hydrogens (primary N) is 1. The van der Waals surface area contributed by atoms with Gasteiger partial charge in [-0.2, -0.15) is 0 Å². The Kier molecular flexibility index (Phi) is 4.24. The fraction of sp³-hybridized carbons (Fsp3) is 0.143. The topological polar surface area (TPSA) is 72.2 Å². The van der Waals surface area contributed by atoms with E-state index in [4.69, 9.17) is 5.73 Å². The average molecular weight is 312 g/mol.